The van der Waals surface area contributed by atoms with Crippen molar-refractivity contribution in [3.8, 4) is 0 Å². The number of rotatable bonds is 4. The summed E-state index contributed by atoms with van der Waals surface area (Å²) in [7, 11) is 0. The highest BCUT2D eigenvalue weighted by Gasteiger charge is 2.27. The van der Waals surface area contributed by atoms with Crippen LogP contribution < -0.4 is 5.73 Å². The molecule has 112 valence electrons. The topological polar surface area (TPSA) is 29.3 Å². The van der Waals surface area contributed by atoms with Crippen LogP contribution in [0.2, 0.25) is 0 Å². The Morgan fingerprint density at radius 3 is 2.85 bits per heavy atom. The van der Waals surface area contributed by atoms with E-state index in [1.807, 2.05) is 11.8 Å². The lowest BCUT2D eigenvalue weighted by Crippen LogP contribution is -2.43. The van der Waals surface area contributed by atoms with Crippen LogP contribution in [0.4, 0.5) is 8.78 Å². The third-order valence-corrected chi connectivity index (χ3v) is 4.94. The fraction of sp³-hybridized carbons (Fsp3) is 0.600. The van der Waals surface area contributed by atoms with E-state index in [1.165, 1.54) is 6.07 Å². The van der Waals surface area contributed by atoms with E-state index in [0.717, 1.165) is 31.5 Å². The summed E-state index contributed by atoms with van der Waals surface area (Å²) in [5.74, 6) is -0.528. The van der Waals surface area contributed by atoms with Gasteiger partial charge in [-0.3, -0.25) is 0 Å². The van der Waals surface area contributed by atoms with Gasteiger partial charge in [0.1, 0.15) is 0 Å². The first-order valence-electron chi connectivity index (χ1n) is 6.95. The number of nitrogens with zero attached hydrogens (tertiary/aromatic N) is 1. The average Bonchev–Trinajstić information content (AvgIpc) is 2.38. The Balaban J connectivity index is 1.92. The molecule has 1 aliphatic heterocycles. The number of benzene rings is 1. The summed E-state index contributed by atoms with van der Waals surface area (Å²) >= 11 is 1.98. The van der Waals surface area contributed by atoms with Crippen molar-refractivity contribution >= 4 is 11.8 Å². The lowest BCUT2D eigenvalue weighted by atomic mass is 10.0. The zero-order valence-corrected chi connectivity index (χ0v) is 12.9. The molecule has 1 saturated heterocycles. The zero-order valence-electron chi connectivity index (χ0n) is 12.0. The minimum atomic E-state index is -0.826. The molecule has 1 aromatic rings. The van der Waals surface area contributed by atoms with Gasteiger partial charge in [0.15, 0.2) is 11.6 Å². The van der Waals surface area contributed by atoms with Crippen LogP contribution in [-0.4, -0.2) is 35.0 Å². The van der Waals surface area contributed by atoms with Crippen molar-refractivity contribution in [3.05, 3.63) is 35.4 Å². The molecule has 20 heavy (non-hydrogen) atoms. The van der Waals surface area contributed by atoms with Crippen LogP contribution in [0.15, 0.2) is 18.2 Å². The number of hydrogen-bond acceptors (Lipinski definition) is 3. The monoisotopic (exact) mass is 300 g/mol. The number of nitrogens with two attached hydrogens (primary N) is 1. The molecule has 0 saturated carbocycles. The smallest absolute Gasteiger partial charge is 0.163 e. The average molecular weight is 300 g/mol. The Morgan fingerprint density at radius 1 is 1.40 bits per heavy atom. The van der Waals surface area contributed by atoms with Crippen molar-refractivity contribution in [2.24, 2.45) is 5.73 Å². The molecule has 0 amide bonds. The van der Waals surface area contributed by atoms with E-state index in [9.17, 15) is 8.78 Å². The maximum atomic E-state index is 13.7. The van der Waals surface area contributed by atoms with Gasteiger partial charge in [-0.25, -0.2) is 8.78 Å². The maximum Gasteiger partial charge on any atom is 0.163 e. The predicted molar refractivity (Wildman–Crippen MR) is 80.9 cm³/mol. The van der Waals surface area contributed by atoms with E-state index < -0.39 is 17.7 Å². The van der Waals surface area contributed by atoms with Gasteiger partial charge in [-0.1, -0.05) is 12.1 Å². The molecule has 0 spiro atoms. The van der Waals surface area contributed by atoms with Crippen molar-refractivity contribution in [3.63, 3.8) is 0 Å². The number of halogens is 2. The summed E-state index contributed by atoms with van der Waals surface area (Å²) < 4.78 is 27.1. The third kappa shape index (κ3) is 3.93. The van der Waals surface area contributed by atoms with Gasteiger partial charge in [0.2, 0.25) is 0 Å². The Kier molecular flexibility index (Phi) is 5.04. The first-order chi connectivity index (χ1) is 9.39. The predicted octanol–water partition coefficient (Wildman–Crippen LogP) is 3.18. The van der Waals surface area contributed by atoms with E-state index in [1.54, 1.807) is 6.07 Å². The molecule has 1 heterocycles. The van der Waals surface area contributed by atoms with Gasteiger partial charge in [-0.15, -0.1) is 0 Å². The molecule has 1 fully saturated rings. The van der Waals surface area contributed by atoms with Crippen LogP contribution in [0.3, 0.4) is 0 Å². The second kappa shape index (κ2) is 6.41. The van der Waals surface area contributed by atoms with Gasteiger partial charge in [-0.05, 0) is 26.3 Å². The summed E-state index contributed by atoms with van der Waals surface area (Å²) in [5.41, 5.74) is 6.28. The van der Waals surface area contributed by atoms with Crippen LogP contribution >= 0.6 is 11.8 Å². The van der Waals surface area contributed by atoms with Crippen LogP contribution in [0, 0.1) is 11.6 Å². The SMILES string of the molecule is CC1(C)CN(CCC(N)c2cccc(F)c2F)CCS1. The quantitative estimate of drug-likeness (QED) is 0.926. The van der Waals surface area contributed by atoms with Crippen LogP contribution in [0.1, 0.15) is 31.9 Å². The molecule has 1 unspecified atom stereocenters. The number of hydrogen-bond donors (Lipinski definition) is 1. The van der Waals surface area contributed by atoms with Gasteiger partial charge in [0.05, 0.1) is 0 Å². The molecule has 2 nitrogen and oxygen atoms in total. The minimum absolute atomic E-state index is 0.256. The first kappa shape index (κ1) is 15.7. The minimum Gasteiger partial charge on any atom is -0.324 e. The summed E-state index contributed by atoms with van der Waals surface area (Å²) in [6.07, 6.45) is 0.640. The van der Waals surface area contributed by atoms with Gasteiger partial charge in [0, 0.05) is 41.7 Å². The van der Waals surface area contributed by atoms with Crippen molar-refractivity contribution in [1.29, 1.82) is 0 Å². The molecular formula is C15H22F2N2S. The Labute approximate surface area is 123 Å². The molecule has 0 bridgehead atoms. The fourth-order valence-electron chi connectivity index (χ4n) is 2.59. The lowest BCUT2D eigenvalue weighted by molar-refractivity contribution is 0.250. The largest absolute Gasteiger partial charge is 0.324 e. The van der Waals surface area contributed by atoms with Crippen molar-refractivity contribution < 1.29 is 8.78 Å². The molecule has 2 rings (SSSR count). The summed E-state index contributed by atoms with van der Waals surface area (Å²) in [6, 6.07) is 3.74. The van der Waals surface area contributed by atoms with E-state index in [0.29, 0.717) is 6.42 Å². The highest BCUT2D eigenvalue weighted by molar-refractivity contribution is 8.00. The van der Waals surface area contributed by atoms with E-state index >= 15 is 0 Å². The molecule has 5 heteroatoms. The van der Waals surface area contributed by atoms with Crippen molar-refractivity contribution in [1.82, 2.24) is 4.90 Å². The normalized spacial score (nSPS) is 20.9. The molecule has 1 aromatic carbocycles. The van der Waals surface area contributed by atoms with Crippen LogP contribution in [-0.2, 0) is 0 Å². The Hall–Kier alpha value is -0.650. The zero-order chi connectivity index (χ0) is 14.8. The maximum absolute atomic E-state index is 13.7. The van der Waals surface area contributed by atoms with Crippen LogP contribution in [0.5, 0.6) is 0 Å². The van der Waals surface area contributed by atoms with Gasteiger partial charge >= 0.3 is 0 Å². The summed E-state index contributed by atoms with van der Waals surface area (Å²) in [6.45, 7) is 7.33. The summed E-state index contributed by atoms with van der Waals surface area (Å²) in [4.78, 5) is 2.35. The molecule has 0 radical (unpaired) electrons. The Bertz CT molecular complexity index is 465. The van der Waals surface area contributed by atoms with E-state index in [4.69, 9.17) is 5.73 Å². The second-order valence-corrected chi connectivity index (χ2v) is 7.72. The first-order valence-corrected chi connectivity index (χ1v) is 7.93. The standard InChI is InChI=1S/C15H22F2N2S/c1-15(2)10-19(8-9-20-15)7-6-13(18)11-4-3-5-12(16)14(11)17/h3-5,13H,6-10,18H2,1-2H3. The van der Waals surface area contributed by atoms with Crippen LogP contribution in [0.25, 0.3) is 0 Å². The number of thioether (sulfide) groups is 1. The van der Waals surface area contributed by atoms with Gasteiger partial charge in [-0.2, -0.15) is 11.8 Å². The Morgan fingerprint density at radius 2 is 2.15 bits per heavy atom. The molecule has 1 atom stereocenters. The third-order valence-electron chi connectivity index (χ3n) is 3.64. The lowest BCUT2D eigenvalue weighted by Gasteiger charge is -2.37. The molecule has 0 aliphatic carbocycles. The highest BCUT2D eigenvalue weighted by Crippen LogP contribution is 2.30. The summed E-state index contributed by atoms with van der Waals surface area (Å²) in [5, 5.41) is 0. The van der Waals surface area contributed by atoms with E-state index in [2.05, 4.69) is 18.7 Å². The molecule has 1 aliphatic rings. The van der Waals surface area contributed by atoms with Crippen molar-refractivity contribution in [2.75, 3.05) is 25.4 Å². The van der Waals surface area contributed by atoms with E-state index in [-0.39, 0.29) is 10.3 Å². The molecular weight excluding hydrogens is 278 g/mol. The van der Waals surface area contributed by atoms with Crippen molar-refractivity contribution in [2.45, 2.75) is 31.1 Å². The fourth-order valence-corrected chi connectivity index (χ4v) is 3.77. The molecule has 0 aromatic heterocycles. The highest BCUT2D eigenvalue weighted by atomic mass is 32.2. The second-order valence-electron chi connectivity index (χ2n) is 5.92. The molecule has 2 N–H and O–H groups in total. The van der Waals surface area contributed by atoms with Gasteiger partial charge in [0.25, 0.3) is 0 Å². The van der Waals surface area contributed by atoms with Gasteiger partial charge < -0.3 is 10.6 Å².